The quantitative estimate of drug-likeness (QED) is 0.0471. The Morgan fingerprint density at radius 2 is 0.237 bits per heavy atom. The zero-order chi connectivity index (χ0) is 70.1. The lowest BCUT2D eigenvalue weighted by Crippen LogP contribution is -2.36. The number of hydrogen-bond acceptors (Lipinski definition) is 20. The van der Waals surface area contributed by atoms with Gasteiger partial charge in [0.25, 0.3) is 0 Å². The number of hydrogen-bond donors (Lipinski definition) is 2. The van der Waals surface area contributed by atoms with E-state index in [-0.39, 0.29) is 89.1 Å². The van der Waals surface area contributed by atoms with Crippen LogP contribution >= 0.6 is 0 Å². The summed E-state index contributed by atoms with van der Waals surface area (Å²) in [7, 11) is 62.5. The van der Waals surface area contributed by atoms with Gasteiger partial charge in [0.15, 0.2) is 0 Å². The summed E-state index contributed by atoms with van der Waals surface area (Å²) in [6.07, 6.45) is 15.0. The molecule has 0 amide bonds. The summed E-state index contributed by atoms with van der Waals surface area (Å²) >= 11 is 0. The van der Waals surface area contributed by atoms with E-state index >= 15 is 0 Å². The fraction of sp³-hybridized carbons (Fsp3) is 1.00. The number of nitrogens with two attached hydrogens (primary N) is 2. The monoisotopic (exact) mass is 1430 g/mol. The van der Waals surface area contributed by atoms with E-state index in [1.54, 1.807) is 0 Å². The highest BCUT2D eigenvalue weighted by molar-refractivity contribution is 4.50. The molecule has 0 fully saturated rings. The van der Waals surface area contributed by atoms with Crippen LogP contribution in [-0.4, -0.2) is 393 Å². The summed E-state index contributed by atoms with van der Waals surface area (Å²) in [6, 6.07) is 0. The van der Waals surface area contributed by atoms with E-state index in [0.29, 0.717) is 0 Å². The lowest BCUT2D eigenvalue weighted by Gasteiger charge is -2.24. The Balaban J connectivity index is -0.0000000275. The van der Waals surface area contributed by atoms with Gasteiger partial charge in [-0.05, 0) is 231 Å². The second-order valence-corrected chi connectivity index (χ2v) is 24.8. The highest BCUT2D eigenvalue weighted by Crippen LogP contribution is 2.01. The van der Waals surface area contributed by atoms with Gasteiger partial charge in [0.2, 0.25) is 0 Å². The van der Waals surface area contributed by atoms with Crippen molar-refractivity contribution in [2.24, 2.45) is 11.5 Å². The van der Waals surface area contributed by atoms with Gasteiger partial charge in [-0.25, -0.2) is 0 Å². The predicted molar refractivity (Wildman–Crippen MR) is 476 cm³/mol. The van der Waals surface area contributed by atoms with Gasteiger partial charge >= 0.3 is 0 Å². The maximum atomic E-state index is 5.06. The molecule has 0 heterocycles. The van der Waals surface area contributed by atoms with Gasteiger partial charge in [0, 0.05) is 0 Å². The van der Waals surface area contributed by atoms with Gasteiger partial charge < -0.3 is 11.5 Å². The Morgan fingerprint density at radius 1 is 0.155 bits per heavy atom. The number of unbranched alkanes of at least 4 members (excludes halogenated alkanes) is 8. The van der Waals surface area contributed by atoms with Crippen LogP contribution in [0.25, 0.3) is 0 Å². The van der Waals surface area contributed by atoms with E-state index in [2.05, 4.69) is 327 Å². The summed E-state index contributed by atoms with van der Waals surface area (Å²) in [4.78, 5) is 39.4. The Labute approximate surface area is 630 Å². The summed E-state index contributed by atoms with van der Waals surface area (Å²) in [6.45, 7) is 34.6. The minimum atomic E-state index is 0. The maximum absolute atomic E-state index is 5.06. The molecular formula is C77H222N20. The molecule has 0 saturated carbocycles. The molecule has 0 aromatic heterocycles. The molecule has 0 aliphatic heterocycles. The highest BCUT2D eigenvalue weighted by Gasteiger charge is 2.03. The highest BCUT2D eigenvalue weighted by atomic mass is 15.4. The van der Waals surface area contributed by atoms with Crippen LogP contribution in [0.15, 0.2) is 0 Å². The first kappa shape index (κ1) is 167. The zero-order valence-electron chi connectivity index (χ0n) is 66.9. The second kappa shape index (κ2) is 138. The topological polar surface area (TPSA) is 110 Å². The molecule has 0 aromatic carbocycles. The van der Waals surface area contributed by atoms with Gasteiger partial charge in [-0.15, -0.1) is 0 Å². The second-order valence-electron chi connectivity index (χ2n) is 24.8. The third-order valence-corrected chi connectivity index (χ3v) is 9.11. The molecule has 0 spiro atoms. The maximum Gasteiger partial charge on any atom is 0.0509 e. The molecular weight excluding hydrogens is 1200 g/mol. The third kappa shape index (κ3) is 253. The van der Waals surface area contributed by atoms with Crippen molar-refractivity contribution < 1.29 is 0 Å². The Hall–Kier alpha value is -0.800. The summed E-state index contributed by atoms with van der Waals surface area (Å²) in [5.74, 6) is 0. The van der Waals surface area contributed by atoms with Crippen molar-refractivity contribution in [3.05, 3.63) is 0 Å². The average Bonchev–Trinajstić information content (AvgIpc) is 3.33. The molecule has 4 N–H and O–H groups in total. The smallest absolute Gasteiger partial charge is 0.0509 e. The Kier molecular flexibility index (Phi) is 238. The molecule has 0 radical (unpaired) electrons. The van der Waals surface area contributed by atoms with Crippen molar-refractivity contribution in [3.63, 3.8) is 0 Å². The van der Waals surface area contributed by atoms with Crippen molar-refractivity contribution in [1.29, 1.82) is 0 Å². The first-order valence-corrected chi connectivity index (χ1v) is 32.7. The van der Waals surface area contributed by atoms with E-state index in [0.717, 1.165) is 99.5 Å². The molecule has 0 aliphatic rings. The van der Waals surface area contributed by atoms with Crippen LogP contribution in [-0.2, 0) is 0 Å². The van der Waals surface area contributed by atoms with Gasteiger partial charge in [-0.1, -0.05) is 223 Å². The predicted octanol–water partition coefficient (Wildman–Crippen LogP) is 15.7. The Bertz CT molecular complexity index is 793. The molecule has 630 valence electrons. The van der Waals surface area contributed by atoms with E-state index in [1.807, 2.05) is 41.5 Å². The molecule has 0 saturated heterocycles. The normalized spacial score (nSPS) is 9.40. The van der Waals surface area contributed by atoms with E-state index < -0.39 is 0 Å². The average molecular weight is 1430 g/mol. The molecule has 0 bridgehead atoms. The molecule has 0 rings (SSSR count). The summed E-state index contributed by atoms with van der Waals surface area (Å²) < 4.78 is 0. The van der Waals surface area contributed by atoms with Crippen LogP contribution in [0.5, 0.6) is 0 Å². The van der Waals surface area contributed by atoms with Gasteiger partial charge in [0.05, 0.1) is 80.0 Å². The lowest BCUT2D eigenvalue weighted by molar-refractivity contribution is 0.147. The summed E-state index contributed by atoms with van der Waals surface area (Å²) in [5, 5.41) is 0. The zero-order valence-corrected chi connectivity index (χ0v) is 66.9. The number of nitrogens with zero attached hydrogens (tertiary/aromatic N) is 18. The first-order valence-electron chi connectivity index (χ1n) is 32.7. The van der Waals surface area contributed by atoms with Gasteiger partial charge in [0.1, 0.15) is 0 Å². The SMILES string of the molecule is C.C.C.C.C.C.C.C.C.C.C.C.CC.CC.CC.CCCCCCC.CCCCCCC.CN(C)CN(C)CN(C)C.CN(C)CN(C)CN(C)C.CN(C)CN(C)CN(C)C.CN(C)CN(C)CN(C)C.CN(C)CN(C)CN(C)C.CN(C)CN(C)CN(C)C.NCCCN. The van der Waals surface area contributed by atoms with Crippen molar-refractivity contribution in [2.75, 3.05) is 305 Å². The summed E-state index contributed by atoms with van der Waals surface area (Å²) in [5.41, 5.74) is 10.1. The minimum absolute atomic E-state index is 0. The van der Waals surface area contributed by atoms with E-state index in [4.69, 9.17) is 11.5 Å². The van der Waals surface area contributed by atoms with Crippen molar-refractivity contribution >= 4 is 0 Å². The molecule has 0 aliphatic carbocycles. The van der Waals surface area contributed by atoms with Crippen LogP contribution in [0, 0.1) is 0 Å². The van der Waals surface area contributed by atoms with Crippen LogP contribution in [0.2, 0.25) is 0 Å². The largest absolute Gasteiger partial charge is 0.330 e. The fourth-order valence-corrected chi connectivity index (χ4v) is 7.53. The van der Waals surface area contributed by atoms with Crippen LogP contribution in [0.3, 0.4) is 0 Å². The van der Waals surface area contributed by atoms with E-state index in [1.165, 1.54) is 64.2 Å². The minimum Gasteiger partial charge on any atom is -0.330 e. The fourth-order valence-electron chi connectivity index (χ4n) is 7.53. The van der Waals surface area contributed by atoms with Gasteiger partial charge in [-0.2, -0.15) is 0 Å². The van der Waals surface area contributed by atoms with Crippen molar-refractivity contribution in [2.45, 2.75) is 229 Å². The van der Waals surface area contributed by atoms with Crippen molar-refractivity contribution in [3.8, 4) is 0 Å². The van der Waals surface area contributed by atoms with Crippen molar-refractivity contribution in [1.82, 2.24) is 88.2 Å². The molecule has 0 atom stereocenters. The molecule has 20 nitrogen and oxygen atoms in total. The van der Waals surface area contributed by atoms with Crippen LogP contribution in [0.4, 0.5) is 0 Å². The lowest BCUT2D eigenvalue weighted by atomic mass is 10.2. The first-order chi connectivity index (χ1) is 39.4. The Morgan fingerprint density at radius 3 is 0.278 bits per heavy atom. The molecule has 0 unspecified atom stereocenters. The van der Waals surface area contributed by atoms with Crippen LogP contribution < -0.4 is 11.5 Å². The molecule has 20 heteroatoms. The number of rotatable bonds is 34. The standard InChI is InChI=1S/6C7H19N3.2C7H16.C3H10N2.3C2H6.12CH4/c6*1-8(2)6-10(5)7-9(3)4;2*1-3-5-7-6-4-2;4-2-1-3-5;3*1-2;;;;;;;;;;;;/h6*6-7H2,1-5H3;2*3-7H2,1-2H3;1-5H2;3*1-2H3;12*1H4. The van der Waals surface area contributed by atoms with Gasteiger partial charge in [-0.3, -0.25) is 88.2 Å². The third-order valence-electron chi connectivity index (χ3n) is 9.11. The molecule has 97 heavy (non-hydrogen) atoms. The van der Waals surface area contributed by atoms with Crippen LogP contribution in [0.1, 0.15) is 229 Å². The van der Waals surface area contributed by atoms with E-state index in [9.17, 15) is 0 Å². The molecule has 0 aromatic rings.